The molecule has 2 saturated heterocycles. The zero-order valence-electron chi connectivity index (χ0n) is 12.7. The lowest BCUT2D eigenvalue weighted by Gasteiger charge is -2.28. The van der Waals surface area contributed by atoms with Crippen LogP contribution in [-0.2, 0) is 0 Å². The van der Waals surface area contributed by atoms with Gasteiger partial charge in [-0.1, -0.05) is 0 Å². The van der Waals surface area contributed by atoms with E-state index in [9.17, 15) is 5.11 Å². The van der Waals surface area contributed by atoms with Crippen LogP contribution in [0.1, 0.15) is 39.0 Å². The summed E-state index contributed by atoms with van der Waals surface area (Å²) in [6, 6.07) is 0.816. The third-order valence-electron chi connectivity index (χ3n) is 5.06. The van der Waals surface area contributed by atoms with Crippen molar-refractivity contribution in [2.24, 2.45) is 0 Å². The average molecular weight is 269 g/mol. The van der Waals surface area contributed by atoms with Gasteiger partial charge in [0.05, 0.1) is 6.61 Å². The highest BCUT2D eigenvalue weighted by molar-refractivity contribution is 4.86. The summed E-state index contributed by atoms with van der Waals surface area (Å²) in [6.07, 6.45) is 6.36. The molecule has 4 heteroatoms. The predicted molar refractivity (Wildman–Crippen MR) is 79.4 cm³/mol. The first kappa shape index (κ1) is 15.2. The molecule has 2 fully saturated rings. The van der Waals surface area contributed by atoms with E-state index in [4.69, 9.17) is 0 Å². The van der Waals surface area contributed by atoms with Gasteiger partial charge in [-0.05, 0) is 72.3 Å². The van der Waals surface area contributed by atoms with Crippen LogP contribution >= 0.6 is 0 Å². The number of hydrogen-bond acceptors (Lipinski definition) is 4. The van der Waals surface area contributed by atoms with Gasteiger partial charge in [0.1, 0.15) is 0 Å². The Morgan fingerprint density at radius 1 is 1.26 bits per heavy atom. The van der Waals surface area contributed by atoms with Gasteiger partial charge < -0.3 is 15.3 Å². The third-order valence-corrected chi connectivity index (χ3v) is 5.06. The second kappa shape index (κ2) is 7.02. The van der Waals surface area contributed by atoms with Crippen LogP contribution in [0.5, 0.6) is 0 Å². The molecule has 19 heavy (non-hydrogen) atoms. The first-order valence-electron chi connectivity index (χ1n) is 7.93. The maximum atomic E-state index is 9.38. The second-order valence-electron chi connectivity index (χ2n) is 6.56. The summed E-state index contributed by atoms with van der Waals surface area (Å²) < 4.78 is 0. The SMILES string of the molecule is CNC(C)(CO)CCCN1CCC(N2CCCC2)C1. The molecule has 112 valence electrons. The fourth-order valence-electron chi connectivity index (χ4n) is 3.40. The Hall–Kier alpha value is -0.160. The topological polar surface area (TPSA) is 38.7 Å². The van der Waals surface area contributed by atoms with Crippen LogP contribution in [0.25, 0.3) is 0 Å². The van der Waals surface area contributed by atoms with Gasteiger partial charge in [0.15, 0.2) is 0 Å². The van der Waals surface area contributed by atoms with Crippen LogP contribution in [0.2, 0.25) is 0 Å². The Morgan fingerprint density at radius 2 is 2.00 bits per heavy atom. The monoisotopic (exact) mass is 269 g/mol. The van der Waals surface area contributed by atoms with Gasteiger partial charge in [-0.3, -0.25) is 4.90 Å². The average Bonchev–Trinajstić information content (AvgIpc) is 3.09. The van der Waals surface area contributed by atoms with Gasteiger partial charge in [-0.25, -0.2) is 0 Å². The molecule has 0 spiro atoms. The molecule has 0 aromatic heterocycles. The third kappa shape index (κ3) is 4.15. The molecule has 2 N–H and O–H groups in total. The molecule has 2 heterocycles. The molecule has 0 saturated carbocycles. The number of likely N-dealkylation sites (tertiary alicyclic amines) is 2. The number of likely N-dealkylation sites (N-methyl/N-ethyl adjacent to an activating group) is 1. The van der Waals surface area contributed by atoms with E-state index in [1.54, 1.807) is 0 Å². The molecule has 2 rings (SSSR count). The summed E-state index contributed by atoms with van der Waals surface area (Å²) in [5, 5.41) is 12.6. The van der Waals surface area contributed by atoms with E-state index in [0.717, 1.165) is 12.5 Å². The lowest BCUT2D eigenvalue weighted by Crippen LogP contribution is -2.44. The number of nitrogens with one attached hydrogen (secondary N) is 1. The standard InChI is InChI=1S/C15H31N3O/c1-15(13-19,16-2)7-5-8-17-11-6-14(12-17)18-9-3-4-10-18/h14,16,19H,3-13H2,1-2H3. The zero-order valence-corrected chi connectivity index (χ0v) is 12.7. The zero-order chi connectivity index (χ0) is 13.7. The Labute approximate surface area is 118 Å². The highest BCUT2D eigenvalue weighted by Crippen LogP contribution is 2.21. The Bertz CT molecular complexity index is 262. The highest BCUT2D eigenvalue weighted by atomic mass is 16.3. The van der Waals surface area contributed by atoms with Crippen LogP contribution < -0.4 is 5.32 Å². The summed E-state index contributed by atoms with van der Waals surface area (Å²) in [4.78, 5) is 5.29. The second-order valence-corrected chi connectivity index (χ2v) is 6.56. The highest BCUT2D eigenvalue weighted by Gasteiger charge is 2.29. The minimum absolute atomic E-state index is 0.103. The van der Waals surface area contributed by atoms with Gasteiger partial charge in [-0.2, -0.15) is 0 Å². The summed E-state index contributed by atoms with van der Waals surface area (Å²) in [6.45, 7) is 8.67. The van der Waals surface area contributed by atoms with Crippen molar-refractivity contribution in [3.05, 3.63) is 0 Å². The number of hydrogen-bond donors (Lipinski definition) is 2. The molecule has 2 atom stereocenters. The van der Waals surface area contributed by atoms with E-state index in [2.05, 4.69) is 22.0 Å². The summed E-state index contributed by atoms with van der Waals surface area (Å²) in [5.41, 5.74) is -0.103. The molecular weight excluding hydrogens is 238 g/mol. The number of aliphatic hydroxyl groups is 1. The molecule has 0 amide bonds. The smallest absolute Gasteiger partial charge is 0.0610 e. The fourth-order valence-corrected chi connectivity index (χ4v) is 3.40. The first-order valence-corrected chi connectivity index (χ1v) is 7.93. The molecule has 4 nitrogen and oxygen atoms in total. The summed E-state index contributed by atoms with van der Waals surface area (Å²) >= 11 is 0. The Kier molecular flexibility index (Phi) is 5.63. The van der Waals surface area contributed by atoms with Crippen molar-refractivity contribution < 1.29 is 5.11 Å². The van der Waals surface area contributed by atoms with Crippen LogP contribution in [0, 0.1) is 0 Å². The van der Waals surface area contributed by atoms with E-state index < -0.39 is 0 Å². The van der Waals surface area contributed by atoms with E-state index in [1.165, 1.54) is 58.4 Å². The maximum Gasteiger partial charge on any atom is 0.0610 e. The van der Waals surface area contributed by atoms with Crippen molar-refractivity contribution in [2.75, 3.05) is 46.4 Å². The minimum Gasteiger partial charge on any atom is -0.394 e. The lowest BCUT2D eigenvalue weighted by atomic mass is 9.97. The lowest BCUT2D eigenvalue weighted by molar-refractivity contribution is 0.165. The Balaban J connectivity index is 1.65. The predicted octanol–water partition coefficient (Wildman–Crippen LogP) is 0.907. The van der Waals surface area contributed by atoms with E-state index in [-0.39, 0.29) is 12.1 Å². The Morgan fingerprint density at radius 3 is 2.63 bits per heavy atom. The van der Waals surface area contributed by atoms with Gasteiger partial charge in [-0.15, -0.1) is 0 Å². The molecule has 2 aliphatic rings. The molecule has 0 aliphatic carbocycles. The normalized spacial score (nSPS) is 28.9. The van der Waals surface area contributed by atoms with Crippen molar-refractivity contribution in [1.82, 2.24) is 15.1 Å². The largest absolute Gasteiger partial charge is 0.394 e. The van der Waals surface area contributed by atoms with Gasteiger partial charge in [0, 0.05) is 18.1 Å². The number of aliphatic hydroxyl groups excluding tert-OH is 1. The van der Waals surface area contributed by atoms with Gasteiger partial charge in [0.2, 0.25) is 0 Å². The molecule has 0 bridgehead atoms. The molecule has 2 unspecified atom stereocenters. The van der Waals surface area contributed by atoms with E-state index in [0.29, 0.717) is 0 Å². The van der Waals surface area contributed by atoms with Crippen molar-refractivity contribution in [3.63, 3.8) is 0 Å². The molecule has 0 radical (unpaired) electrons. The molecular formula is C15H31N3O. The summed E-state index contributed by atoms with van der Waals surface area (Å²) in [5.74, 6) is 0. The van der Waals surface area contributed by atoms with Gasteiger partial charge >= 0.3 is 0 Å². The molecule has 0 aromatic carbocycles. The molecule has 0 aromatic rings. The van der Waals surface area contributed by atoms with Crippen molar-refractivity contribution in [2.45, 2.75) is 50.6 Å². The van der Waals surface area contributed by atoms with Crippen molar-refractivity contribution >= 4 is 0 Å². The van der Waals surface area contributed by atoms with Crippen molar-refractivity contribution in [3.8, 4) is 0 Å². The van der Waals surface area contributed by atoms with Crippen LogP contribution in [0.4, 0.5) is 0 Å². The minimum atomic E-state index is -0.103. The first-order chi connectivity index (χ1) is 9.17. The quantitative estimate of drug-likeness (QED) is 0.720. The van der Waals surface area contributed by atoms with Crippen LogP contribution in [0.15, 0.2) is 0 Å². The van der Waals surface area contributed by atoms with Crippen molar-refractivity contribution in [1.29, 1.82) is 0 Å². The van der Waals surface area contributed by atoms with Gasteiger partial charge in [0.25, 0.3) is 0 Å². The van der Waals surface area contributed by atoms with E-state index >= 15 is 0 Å². The van der Waals surface area contributed by atoms with Crippen LogP contribution in [0.3, 0.4) is 0 Å². The number of rotatable bonds is 7. The number of nitrogens with zero attached hydrogens (tertiary/aromatic N) is 2. The van der Waals surface area contributed by atoms with Crippen LogP contribution in [-0.4, -0.2) is 72.9 Å². The summed E-state index contributed by atoms with van der Waals surface area (Å²) in [7, 11) is 1.94. The molecule has 2 aliphatic heterocycles. The fraction of sp³-hybridized carbons (Fsp3) is 1.00. The maximum absolute atomic E-state index is 9.38. The van der Waals surface area contributed by atoms with E-state index in [1.807, 2.05) is 7.05 Å².